The van der Waals surface area contributed by atoms with Gasteiger partial charge in [-0.2, -0.15) is 5.10 Å². The van der Waals surface area contributed by atoms with Gasteiger partial charge in [0.2, 0.25) is 0 Å². The molecular formula is C15H18BrClN2O. The maximum Gasteiger partial charge on any atom is 0.0848 e. The molecule has 108 valence electrons. The van der Waals surface area contributed by atoms with Gasteiger partial charge in [0.25, 0.3) is 0 Å². The first-order chi connectivity index (χ1) is 9.45. The number of hydrogen-bond donors (Lipinski definition) is 1. The Hall–Kier alpha value is -0.840. The van der Waals surface area contributed by atoms with Gasteiger partial charge >= 0.3 is 0 Å². The lowest BCUT2D eigenvalue weighted by atomic mass is 10.00. The van der Waals surface area contributed by atoms with Crippen molar-refractivity contribution in [2.45, 2.75) is 39.8 Å². The van der Waals surface area contributed by atoms with Crippen molar-refractivity contribution in [1.82, 2.24) is 9.78 Å². The fraction of sp³-hybridized carbons (Fsp3) is 0.400. The molecule has 5 heteroatoms. The van der Waals surface area contributed by atoms with Crippen molar-refractivity contribution in [2.75, 3.05) is 0 Å². The quantitative estimate of drug-likeness (QED) is 0.890. The third kappa shape index (κ3) is 2.92. The Bertz CT molecular complexity index is 625. The molecule has 1 aromatic heterocycles. The maximum absolute atomic E-state index is 10.5. The predicted octanol–water partition coefficient (Wildman–Crippen LogP) is 4.21. The summed E-state index contributed by atoms with van der Waals surface area (Å²) in [5.41, 5.74) is 3.66. The molecule has 1 unspecified atom stereocenters. The highest BCUT2D eigenvalue weighted by Crippen LogP contribution is 2.29. The molecule has 0 radical (unpaired) electrons. The molecule has 3 nitrogen and oxygen atoms in total. The molecule has 0 aliphatic rings. The average Bonchev–Trinajstić information content (AvgIpc) is 2.69. The number of aliphatic hydroxyl groups excluding tert-OH is 1. The third-order valence-electron chi connectivity index (χ3n) is 3.51. The Balaban J connectivity index is 2.32. The Morgan fingerprint density at radius 3 is 2.75 bits per heavy atom. The van der Waals surface area contributed by atoms with Crippen LogP contribution in [-0.2, 0) is 13.0 Å². The summed E-state index contributed by atoms with van der Waals surface area (Å²) in [7, 11) is 0. The van der Waals surface area contributed by atoms with Gasteiger partial charge in [0.1, 0.15) is 0 Å². The summed E-state index contributed by atoms with van der Waals surface area (Å²) in [5.74, 6) is 0. The van der Waals surface area contributed by atoms with Gasteiger partial charge in [0, 0.05) is 17.4 Å². The van der Waals surface area contributed by atoms with E-state index in [1.54, 1.807) is 0 Å². The maximum atomic E-state index is 10.5. The van der Waals surface area contributed by atoms with E-state index in [0.29, 0.717) is 11.4 Å². The van der Waals surface area contributed by atoms with Gasteiger partial charge in [-0.3, -0.25) is 4.68 Å². The van der Waals surface area contributed by atoms with Crippen molar-refractivity contribution >= 4 is 27.5 Å². The lowest BCUT2D eigenvalue weighted by Crippen LogP contribution is -2.10. The summed E-state index contributed by atoms with van der Waals surface area (Å²) < 4.78 is 2.86. The molecule has 0 saturated carbocycles. The van der Waals surface area contributed by atoms with E-state index in [-0.39, 0.29) is 0 Å². The SMILES string of the molecule is CCn1nc(C)c(Cl)c1CC(O)c1cccc(Br)c1C. The first kappa shape index (κ1) is 15.5. The Labute approximate surface area is 132 Å². The van der Waals surface area contributed by atoms with E-state index >= 15 is 0 Å². The molecule has 2 rings (SSSR count). The predicted molar refractivity (Wildman–Crippen MR) is 85.2 cm³/mol. The van der Waals surface area contributed by atoms with Crippen LogP contribution in [0, 0.1) is 13.8 Å². The van der Waals surface area contributed by atoms with Gasteiger partial charge in [-0.25, -0.2) is 0 Å². The van der Waals surface area contributed by atoms with E-state index in [1.165, 1.54) is 0 Å². The van der Waals surface area contributed by atoms with Crippen molar-refractivity contribution in [2.24, 2.45) is 0 Å². The van der Waals surface area contributed by atoms with Crippen LogP contribution in [-0.4, -0.2) is 14.9 Å². The molecule has 0 fully saturated rings. The standard InChI is InChI=1S/C15H18BrClN2O/c1-4-19-13(15(17)10(3)18-19)8-14(20)11-6-5-7-12(16)9(11)2/h5-7,14,20H,4,8H2,1-3H3. The summed E-state index contributed by atoms with van der Waals surface area (Å²) >= 11 is 9.78. The average molecular weight is 358 g/mol. The topological polar surface area (TPSA) is 38.0 Å². The number of aromatic nitrogens is 2. The normalized spacial score (nSPS) is 12.7. The lowest BCUT2D eigenvalue weighted by molar-refractivity contribution is 0.174. The van der Waals surface area contributed by atoms with Crippen molar-refractivity contribution in [3.63, 3.8) is 0 Å². The number of hydrogen-bond acceptors (Lipinski definition) is 2. The molecule has 0 aliphatic carbocycles. The highest BCUT2D eigenvalue weighted by Gasteiger charge is 2.19. The molecule has 20 heavy (non-hydrogen) atoms. The van der Waals surface area contributed by atoms with Gasteiger partial charge in [-0.05, 0) is 38.0 Å². The van der Waals surface area contributed by atoms with Gasteiger partial charge in [0.15, 0.2) is 0 Å². The van der Waals surface area contributed by atoms with Crippen LogP contribution >= 0.6 is 27.5 Å². The monoisotopic (exact) mass is 356 g/mol. The largest absolute Gasteiger partial charge is 0.388 e. The minimum Gasteiger partial charge on any atom is -0.388 e. The van der Waals surface area contributed by atoms with Crippen LogP contribution in [0.15, 0.2) is 22.7 Å². The molecular weight excluding hydrogens is 340 g/mol. The first-order valence-electron chi connectivity index (χ1n) is 6.60. The number of halogens is 2. The van der Waals surface area contributed by atoms with Crippen LogP contribution in [0.5, 0.6) is 0 Å². The number of aryl methyl sites for hydroxylation is 2. The second kappa shape index (κ2) is 6.29. The molecule has 1 heterocycles. The van der Waals surface area contributed by atoms with Gasteiger partial charge in [0.05, 0.1) is 22.5 Å². The molecule has 1 N–H and O–H groups in total. The summed E-state index contributed by atoms with van der Waals surface area (Å²) in [6.07, 6.45) is -0.128. The zero-order valence-electron chi connectivity index (χ0n) is 11.8. The molecule has 0 aliphatic heterocycles. The van der Waals surface area contributed by atoms with Crippen molar-refractivity contribution in [1.29, 1.82) is 0 Å². The minimum atomic E-state index is -0.591. The van der Waals surface area contributed by atoms with E-state index in [0.717, 1.165) is 33.5 Å². The van der Waals surface area contributed by atoms with Crippen molar-refractivity contribution in [3.05, 3.63) is 50.2 Å². The van der Waals surface area contributed by atoms with E-state index in [4.69, 9.17) is 11.6 Å². The minimum absolute atomic E-state index is 0.463. The fourth-order valence-electron chi connectivity index (χ4n) is 2.34. The summed E-state index contributed by atoms with van der Waals surface area (Å²) in [5, 5.41) is 15.5. The molecule has 0 spiro atoms. The van der Waals surface area contributed by atoms with Crippen LogP contribution in [0.4, 0.5) is 0 Å². The van der Waals surface area contributed by atoms with E-state index in [9.17, 15) is 5.11 Å². The van der Waals surface area contributed by atoms with Crippen LogP contribution in [0.2, 0.25) is 5.02 Å². The molecule has 1 aromatic carbocycles. The van der Waals surface area contributed by atoms with Gasteiger partial charge in [-0.1, -0.05) is 39.7 Å². The number of aliphatic hydroxyl groups is 1. The highest BCUT2D eigenvalue weighted by atomic mass is 79.9. The second-order valence-corrected chi connectivity index (χ2v) is 6.07. The van der Waals surface area contributed by atoms with Gasteiger partial charge < -0.3 is 5.11 Å². The summed E-state index contributed by atoms with van der Waals surface area (Å²) in [6, 6.07) is 5.84. The van der Waals surface area contributed by atoms with Crippen LogP contribution in [0.1, 0.15) is 35.5 Å². The number of rotatable bonds is 4. The lowest BCUT2D eigenvalue weighted by Gasteiger charge is -2.15. The summed E-state index contributed by atoms with van der Waals surface area (Å²) in [4.78, 5) is 0. The van der Waals surface area contributed by atoms with E-state index < -0.39 is 6.10 Å². The first-order valence-corrected chi connectivity index (χ1v) is 7.77. The molecule has 0 amide bonds. The Morgan fingerprint density at radius 1 is 1.40 bits per heavy atom. The van der Waals surface area contributed by atoms with Crippen LogP contribution in [0.3, 0.4) is 0 Å². The van der Waals surface area contributed by atoms with Crippen LogP contribution in [0.25, 0.3) is 0 Å². The smallest absolute Gasteiger partial charge is 0.0848 e. The number of nitrogens with zero attached hydrogens (tertiary/aromatic N) is 2. The molecule has 0 bridgehead atoms. The van der Waals surface area contributed by atoms with Gasteiger partial charge in [-0.15, -0.1) is 0 Å². The van der Waals surface area contributed by atoms with Crippen LogP contribution < -0.4 is 0 Å². The molecule has 2 aromatic rings. The molecule has 1 atom stereocenters. The fourth-order valence-corrected chi connectivity index (χ4v) is 2.94. The zero-order valence-corrected chi connectivity index (χ0v) is 14.2. The highest BCUT2D eigenvalue weighted by molar-refractivity contribution is 9.10. The van der Waals surface area contributed by atoms with Crippen molar-refractivity contribution < 1.29 is 5.11 Å². The zero-order chi connectivity index (χ0) is 14.9. The third-order valence-corrected chi connectivity index (χ3v) is 4.86. The Kier molecular flexibility index (Phi) is 4.89. The van der Waals surface area contributed by atoms with E-state index in [2.05, 4.69) is 21.0 Å². The summed E-state index contributed by atoms with van der Waals surface area (Å²) in [6.45, 7) is 6.64. The second-order valence-electron chi connectivity index (χ2n) is 4.84. The number of benzene rings is 1. The van der Waals surface area contributed by atoms with E-state index in [1.807, 2.05) is 43.7 Å². The Morgan fingerprint density at radius 2 is 2.10 bits per heavy atom. The van der Waals surface area contributed by atoms with Crippen molar-refractivity contribution in [3.8, 4) is 0 Å². The molecule has 0 saturated heterocycles.